The predicted octanol–water partition coefficient (Wildman–Crippen LogP) is 3.33. The highest BCUT2D eigenvalue weighted by atomic mass is 16.5. The van der Waals surface area contributed by atoms with E-state index in [1.807, 2.05) is 0 Å². The van der Waals surface area contributed by atoms with Crippen molar-refractivity contribution in [3.8, 4) is 5.75 Å². The van der Waals surface area contributed by atoms with Gasteiger partial charge in [0.05, 0.1) is 6.10 Å². The maximum atomic E-state index is 6.08. The van der Waals surface area contributed by atoms with Gasteiger partial charge in [0, 0.05) is 24.8 Å². The molecule has 0 bridgehead atoms. The number of hydrogen-bond acceptors (Lipinski definition) is 3. The predicted molar refractivity (Wildman–Crippen MR) is 83.4 cm³/mol. The van der Waals surface area contributed by atoms with Gasteiger partial charge in [-0.15, -0.1) is 0 Å². The van der Waals surface area contributed by atoms with E-state index in [1.165, 1.54) is 37.8 Å². The molecule has 2 aliphatic rings. The van der Waals surface area contributed by atoms with Crippen LogP contribution in [0.1, 0.15) is 44.9 Å². The lowest BCUT2D eigenvalue weighted by Crippen LogP contribution is -2.39. The molecule has 2 fully saturated rings. The van der Waals surface area contributed by atoms with E-state index in [-0.39, 0.29) is 0 Å². The molecule has 0 atom stereocenters. The van der Waals surface area contributed by atoms with Crippen LogP contribution in [0.2, 0.25) is 0 Å². The number of hydrogen-bond donors (Lipinski definition) is 1. The Balaban J connectivity index is 1.56. The number of nitrogens with zero attached hydrogens (tertiary/aromatic N) is 1. The summed E-state index contributed by atoms with van der Waals surface area (Å²) in [7, 11) is 0. The van der Waals surface area contributed by atoms with E-state index in [0.29, 0.717) is 12.1 Å². The highest BCUT2D eigenvalue weighted by Crippen LogP contribution is 2.26. The Morgan fingerprint density at radius 2 is 1.55 bits per heavy atom. The SMILES string of the molecule is NC1CCN(c2ccc(OC3CCCCC3)cc2)CC1. The van der Waals surface area contributed by atoms with E-state index < -0.39 is 0 Å². The summed E-state index contributed by atoms with van der Waals surface area (Å²) in [5.41, 5.74) is 7.26. The van der Waals surface area contributed by atoms with E-state index in [2.05, 4.69) is 29.2 Å². The summed E-state index contributed by atoms with van der Waals surface area (Å²) in [6.45, 7) is 2.15. The van der Waals surface area contributed by atoms with Gasteiger partial charge < -0.3 is 15.4 Å². The normalized spacial score (nSPS) is 21.9. The summed E-state index contributed by atoms with van der Waals surface area (Å²) < 4.78 is 6.08. The molecule has 0 radical (unpaired) electrons. The summed E-state index contributed by atoms with van der Waals surface area (Å²) >= 11 is 0. The molecule has 0 aromatic heterocycles. The fourth-order valence-electron chi connectivity index (χ4n) is 3.27. The lowest BCUT2D eigenvalue weighted by atomic mass is 9.98. The molecular formula is C17H26N2O. The van der Waals surface area contributed by atoms with Crippen LogP contribution in [0, 0.1) is 0 Å². The fourth-order valence-corrected chi connectivity index (χ4v) is 3.27. The third kappa shape index (κ3) is 3.45. The number of rotatable bonds is 3. The molecule has 3 nitrogen and oxygen atoms in total. The molecule has 110 valence electrons. The Labute approximate surface area is 122 Å². The van der Waals surface area contributed by atoms with Gasteiger partial charge in [0.15, 0.2) is 0 Å². The van der Waals surface area contributed by atoms with Gasteiger partial charge in [-0.3, -0.25) is 0 Å². The van der Waals surface area contributed by atoms with Crippen molar-refractivity contribution in [2.75, 3.05) is 18.0 Å². The zero-order chi connectivity index (χ0) is 13.8. The molecule has 1 aliphatic carbocycles. The van der Waals surface area contributed by atoms with Crippen LogP contribution in [-0.2, 0) is 0 Å². The Morgan fingerprint density at radius 1 is 0.900 bits per heavy atom. The van der Waals surface area contributed by atoms with Gasteiger partial charge in [0.1, 0.15) is 5.75 Å². The van der Waals surface area contributed by atoms with Gasteiger partial charge in [0.2, 0.25) is 0 Å². The molecule has 0 unspecified atom stereocenters. The molecule has 1 saturated heterocycles. The van der Waals surface area contributed by atoms with Gasteiger partial charge in [-0.1, -0.05) is 6.42 Å². The topological polar surface area (TPSA) is 38.5 Å². The second-order valence-electron chi connectivity index (χ2n) is 6.20. The van der Waals surface area contributed by atoms with Crippen LogP contribution < -0.4 is 15.4 Å². The number of anilines is 1. The zero-order valence-electron chi connectivity index (χ0n) is 12.3. The van der Waals surface area contributed by atoms with E-state index >= 15 is 0 Å². The molecule has 0 spiro atoms. The third-order valence-electron chi connectivity index (χ3n) is 4.60. The summed E-state index contributed by atoms with van der Waals surface area (Å²) in [6.07, 6.45) is 9.06. The van der Waals surface area contributed by atoms with Crippen molar-refractivity contribution < 1.29 is 4.74 Å². The van der Waals surface area contributed by atoms with Gasteiger partial charge in [-0.05, 0) is 62.8 Å². The molecule has 0 amide bonds. The number of benzene rings is 1. The first-order valence-corrected chi connectivity index (χ1v) is 8.08. The van der Waals surface area contributed by atoms with E-state index in [1.54, 1.807) is 0 Å². The van der Waals surface area contributed by atoms with Crippen LogP contribution in [0.3, 0.4) is 0 Å². The van der Waals surface area contributed by atoms with Crippen LogP contribution in [0.4, 0.5) is 5.69 Å². The monoisotopic (exact) mass is 274 g/mol. The van der Waals surface area contributed by atoms with Crippen molar-refractivity contribution in [3.05, 3.63) is 24.3 Å². The van der Waals surface area contributed by atoms with Gasteiger partial charge >= 0.3 is 0 Å². The van der Waals surface area contributed by atoms with Crippen LogP contribution in [0.5, 0.6) is 5.75 Å². The maximum Gasteiger partial charge on any atom is 0.119 e. The number of ether oxygens (including phenoxy) is 1. The summed E-state index contributed by atoms with van der Waals surface area (Å²) in [5, 5.41) is 0. The van der Waals surface area contributed by atoms with E-state index in [0.717, 1.165) is 31.7 Å². The average molecular weight is 274 g/mol. The smallest absolute Gasteiger partial charge is 0.119 e. The summed E-state index contributed by atoms with van der Waals surface area (Å²) in [4.78, 5) is 2.42. The molecule has 1 heterocycles. The summed E-state index contributed by atoms with van der Waals surface area (Å²) in [5.74, 6) is 1.02. The Morgan fingerprint density at radius 3 is 2.20 bits per heavy atom. The molecule has 1 aromatic carbocycles. The van der Waals surface area contributed by atoms with Gasteiger partial charge in [0.25, 0.3) is 0 Å². The minimum atomic E-state index is 0.389. The molecule has 3 heteroatoms. The highest BCUT2D eigenvalue weighted by Gasteiger charge is 2.17. The van der Waals surface area contributed by atoms with Gasteiger partial charge in [-0.25, -0.2) is 0 Å². The van der Waals surface area contributed by atoms with Crippen LogP contribution in [0.15, 0.2) is 24.3 Å². The first kappa shape index (κ1) is 13.7. The van der Waals surface area contributed by atoms with Crippen molar-refractivity contribution in [2.45, 2.75) is 57.1 Å². The average Bonchev–Trinajstić information content (AvgIpc) is 2.50. The molecular weight excluding hydrogens is 248 g/mol. The van der Waals surface area contributed by atoms with Gasteiger partial charge in [-0.2, -0.15) is 0 Å². The van der Waals surface area contributed by atoms with Crippen LogP contribution >= 0.6 is 0 Å². The first-order valence-electron chi connectivity index (χ1n) is 8.08. The van der Waals surface area contributed by atoms with Crippen molar-refractivity contribution in [1.29, 1.82) is 0 Å². The Kier molecular flexibility index (Phi) is 4.46. The standard InChI is InChI=1S/C17H26N2O/c18-14-10-12-19(13-11-14)15-6-8-17(9-7-15)20-16-4-2-1-3-5-16/h6-9,14,16H,1-5,10-13,18H2. The molecule has 20 heavy (non-hydrogen) atoms. The van der Waals surface area contributed by atoms with Crippen molar-refractivity contribution in [2.24, 2.45) is 5.73 Å². The number of piperidine rings is 1. The molecule has 2 N–H and O–H groups in total. The largest absolute Gasteiger partial charge is 0.490 e. The number of nitrogens with two attached hydrogens (primary N) is 1. The Hall–Kier alpha value is -1.22. The lowest BCUT2D eigenvalue weighted by Gasteiger charge is -2.32. The second kappa shape index (κ2) is 6.49. The Bertz CT molecular complexity index is 404. The molecule has 1 aromatic rings. The van der Waals surface area contributed by atoms with Crippen LogP contribution in [0.25, 0.3) is 0 Å². The molecule has 1 aliphatic heterocycles. The first-order chi connectivity index (χ1) is 9.81. The third-order valence-corrected chi connectivity index (χ3v) is 4.60. The zero-order valence-corrected chi connectivity index (χ0v) is 12.3. The van der Waals surface area contributed by atoms with Crippen molar-refractivity contribution >= 4 is 5.69 Å². The lowest BCUT2D eigenvalue weighted by molar-refractivity contribution is 0.155. The van der Waals surface area contributed by atoms with E-state index in [9.17, 15) is 0 Å². The second-order valence-corrected chi connectivity index (χ2v) is 6.20. The molecule has 1 saturated carbocycles. The maximum absolute atomic E-state index is 6.08. The van der Waals surface area contributed by atoms with E-state index in [4.69, 9.17) is 10.5 Å². The highest BCUT2D eigenvalue weighted by molar-refractivity contribution is 5.49. The van der Waals surface area contributed by atoms with Crippen molar-refractivity contribution in [1.82, 2.24) is 0 Å². The van der Waals surface area contributed by atoms with Crippen LogP contribution in [-0.4, -0.2) is 25.2 Å². The van der Waals surface area contributed by atoms with Crippen molar-refractivity contribution in [3.63, 3.8) is 0 Å². The minimum Gasteiger partial charge on any atom is -0.490 e. The minimum absolute atomic E-state index is 0.389. The fraction of sp³-hybridized carbons (Fsp3) is 0.647. The summed E-state index contributed by atoms with van der Waals surface area (Å²) in [6, 6.07) is 9.01. The molecule has 3 rings (SSSR count). The quantitative estimate of drug-likeness (QED) is 0.919.